The number of carbonyl (C=O) groups is 1. The van der Waals surface area contributed by atoms with Crippen molar-refractivity contribution < 1.29 is 4.79 Å². The minimum absolute atomic E-state index is 0.169. The molecular formula is C15H17N3OS. The number of para-hydroxylation sites is 1. The Morgan fingerprint density at radius 2 is 2.15 bits per heavy atom. The minimum Gasteiger partial charge on any atom is -0.393 e. The molecule has 0 aliphatic heterocycles. The number of pyridine rings is 1. The van der Waals surface area contributed by atoms with Gasteiger partial charge in [-0.2, -0.15) is 0 Å². The molecule has 20 heavy (non-hydrogen) atoms. The maximum Gasteiger partial charge on any atom is 0.234 e. The van der Waals surface area contributed by atoms with Gasteiger partial charge in [-0.25, -0.2) is 0 Å². The maximum atomic E-state index is 12.3. The second-order valence-electron chi connectivity index (χ2n) is 4.61. The van der Waals surface area contributed by atoms with Crippen molar-refractivity contribution in [2.75, 3.05) is 5.32 Å². The summed E-state index contributed by atoms with van der Waals surface area (Å²) in [6.07, 6.45) is 3.21. The second kappa shape index (κ2) is 6.43. The van der Waals surface area contributed by atoms with Crippen LogP contribution in [0.25, 0.3) is 10.9 Å². The number of rotatable bonds is 5. The molecule has 1 aromatic heterocycles. The average Bonchev–Trinajstić information content (AvgIpc) is 2.44. The molecule has 1 unspecified atom stereocenters. The molecule has 2 rings (SSSR count). The van der Waals surface area contributed by atoms with E-state index >= 15 is 0 Å². The van der Waals surface area contributed by atoms with E-state index in [9.17, 15) is 4.79 Å². The number of amides is 1. The van der Waals surface area contributed by atoms with E-state index in [4.69, 9.17) is 18.0 Å². The molecule has 0 radical (unpaired) electrons. The number of hydrogen-bond acceptors (Lipinski definition) is 3. The van der Waals surface area contributed by atoms with Gasteiger partial charge in [0.15, 0.2) is 0 Å². The molecule has 1 aromatic carbocycles. The number of thiocarbonyl (C=S) groups is 1. The number of nitrogens with zero attached hydrogens (tertiary/aromatic N) is 1. The summed E-state index contributed by atoms with van der Waals surface area (Å²) in [6, 6.07) is 9.48. The van der Waals surface area contributed by atoms with Crippen molar-refractivity contribution in [3.63, 3.8) is 0 Å². The topological polar surface area (TPSA) is 68.0 Å². The number of benzene rings is 1. The first-order valence-corrected chi connectivity index (χ1v) is 6.98. The summed E-state index contributed by atoms with van der Waals surface area (Å²) in [4.78, 5) is 16.8. The highest BCUT2D eigenvalue weighted by molar-refractivity contribution is 7.80. The quantitative estimate of drug-likeness (QED) is 0.830. The number of nitrogens with one attached hydrogen (secondary N) is 1. The van der Waals surface area contributed by atoms with Crippen LogP contribution in [-0.4, -0.2) is 15.9 Å². The molecule has 0 fully saturated rings. The van der Waals surface area contributed by atoms with Crippen molar-refractivity contribution in [2.24, 2.45) is 11.7 Å². The van der Waals surface area contributed by atoms with Gasteiger partial charge in [0.2, 0.25) is 5.91 Å². The fourth-order valence-electron chi connectivity index (χ4n) is 2.12. The van der Waals surface area contributed by atoms with Crippen LogP contribution in [0.2, 0.25) is 0 Å². The number of nitrogens with two attached hydrogens (primary N) is 1. The van der Waals surface area contributed by atoms with E-state index < -0.39 is 5.92 Å². The summed E-state index contributed by atoms with van der Waals surface area (Å²) >= 11 is 4.97. The Morgan fingerprint density at radius 1 is 1.40 bits per heavy atom. The Labute approximate surface area is 123 Å². The number of carbonyl (C=O) groups excluding carboxylic acids is 1. The van der Waals surface area contributed by atoms with Crippen LogP contribution in [0.15, 0.2) is 36.5 Å². The van der Waals surface area contributed by atoms with Crippen molar-refractivity contribution in [1.29, 1.82) is 0 Å². The van der Waals surface area contributed by atoms with Crippen LogP contribution in [0.4, 0.5) is 5.69 Å². The van der Waals surface area contributed by atoms with Gasteiger partial charge in [0.05, 0.1) is 22.1 Å². The number of anilines is 1. The SMILES string of the molecule is CCCC(C(=O)Nc1cccc2cccnc12)C(N)=S. The molecular weight excluding hydrogens is 270 g/mol. The lowest BCUT2D eigenvalue weighted by molar-refractivity contribution is -0.118. The molecule has 1 heterocycles. The predicted octanol–water partition coefficient (Wildman–Crippen LogP) is 2.88. The summed E-state index contributed by atoms with van der Waals surface area (Å²) in [5.41, 5.74) is 7.10. The van der Waals surface area contributed by atoms with Gasteiger partial charge in [-0.05, 0) is 18.6 Å². The standard InChI is InChI=1S/C15H17N3OS/c1-2-5-11(14(16)20)15(19)18-12-8-3-6-10-7-4-9-17-13(10)12/h3-4,6-9,11H,2,5H2,1H3,(H2,16,20)(H,18,19). The van der Waals surface area contributed by atoms with Crippen molar-refractivity contribution in [2.45, 2.75) is 19.8 Å². The largest absolute Gasteiger partial charge is 0.393 e. The molecule has 0 saturated heterocycles. The molecule has 0 aliphatic carbocycles. The van der Waals surface area contributed by atoms with Gasteiger partial charge in [-0.1, -0.05) is 43.8 Å². The van der Waals surface area contributed by atoms with Crippen LogP contribution >= 0.6 is 12.2 Å². The third kappa shape index (κ3) is 3.11. The lowest BCUT2D eigenvalue weighted by Gasteiger charge is -2.15. The van der Waals surface area contributed by atoms with Crippen LogP contribution in [0.3, 0.4) is 0 Å². The van der Waals surface area contributed by atoms with Gasteiger partial charge in [0, 0.05) is 11.6 Å². The molecule has 104 valence electrons. The average molecular weight is 287 g/mol. The normalized spacial score (nSPS) is 12.1. The third-order valence-corrected chi connectivity index (χ3v) is 3.41. The summed E-state index contributed by atoms with van der Waals surface area (Å²) in [5, 5.41) is 3.86. The van der Waals surface area contributed by atoms with Crippen molar-refractivity contribution in [3.05, 3.63) is 36.5 Å². The molecule has 3 N–H and O–H groups in total. The van der Waals surface area contributed by atoms with E-state index in [0.29, 0.717) is 12.1 Å². The van der Waals surface area contributed by atoms with E-state index in [-0.39, 0.29) is 10.9 Å². The van der Waals surface area contributed by atoms with E-state index in [0.717, 1.165) is 17.3 Å². The summed E-state index contributed by atoms with van der Waals surface area (Å²) in [5.74, 6) is -0.605. The number of aromatic nitrogens is 1. The summed E-state index contributed by atoms with van der Waals surface area (Å²) in [7, 11) is 0. The highest BCUT2D eigenvalue weighted by Gasteiger charge is 2.21. The van der Waals surface area contributed by atoms with Gasteiger partial charge in [-0.15, -0.1) is 0 Å². The van der Waals surface area contributed by atoms with Crippen LogP contribution in [0, 0.1) is 5.92 Å². The first-order valence-electron chi connectivity index (χ1n) is 6.57. The van der Waals surface area contributed by atoms with Crippen molar-refractivity contribution in [1.82, 2.24) is 4.98 Å². The zero-order valence-electron chi connectivity index (χ0n) is 11.3. The van der Waals surface area contributed by atoms with E-state index in [2.05, 4.69) is 10.3 Å². The number of fused-ring (bicyclic) bond motifs is 1. The van der Waals surface area contributed by atoms with Crippen LogP contribution in [0.1, 0.15) is 19.8 Å². The molecule has 0 aliphatic rings. The molecule has 1 atom stereocenters. The molecule has 5 heteroatoms. The Balaban J connectivity index is 2.27. The zero-order valence-corrected chi connectivity index (χ0v) is 12.1. The van der Waals surface area contributed by atoms with E-state index in [1.807, 2.05) is 37.3 Å². The Morgan fingerprint density at radius 3 is 2.85 bits per heavy atom. The van der Waals surface area contributed by atoms with Gasteiger partial charge >= 0.3 is 0 Å². The fraction of sp³-hybridized carbons (Fsp3) is 0.267. The lowest BCUT2D eigenvalue weighted by atomic mass is 10.0. The monoisotopic (exact) mass is 287 g/mol. The molecule has 1 amide bonds. The van der Waals surface area contributed by atoms with Crippen molar-refractivity contribution >= 4 is 39.7 Å². The molecule has 0 spiro atoms. The fourth-order valence-corrected chi connectivity index (χ4v) is 2.34. The highest BCUT2D eigenvalue weighted by atomic mass is 32.1. The molecule has 4 nitrogen and oxygen atoms in total. The van der Waals surface area contributed by atoms with Crippen LogP contribution in [-0.2, 0) is 4.79 Å². The highest BCUT2D eigenvalue weighted by Crippen LogP contribution is 2.21. The van der Waals surface area contributed by atoms with E-state index in [1.165, 1.54) is 0 Å². The van der Waals surface area contributed by atoms with Gasteiger partial charge in [0.1, 0.15) is 0 Å². The molecule has 2 aromatic rings. The van der Waals surface area contributed by atoms with Crippen LogP contribution in [0.5, 0.6) is 0 Å². The predicted molar refractivity (Wildman–Crippen MR) is 85.6 cm³/mol. The zero-order chi connectivity index (χ0) is 14.5. The second-order valence-corrected chi connectivity index (χ2v) is 5.08. The maximum absolute atomic E-state index is 12.3. The molecule has 0 saturated carbocycles. The first kappa shape index (κ1) is 14.4. The summed E-state index contributed by atoms with van der Waals surface area (Å²) < 4.78 is 0. The Bertz CT molecular complexity index is 637. The molecule has 0 bridgehead atoms. The Hall–Kier alpha value is -2.01. The summed E-state index contributed by atoms with van der Waals surface area (Å²) in [6.45, 7) is 2.00. The lowest BCUT2D eigenvalue weighted by Crippen LogP contribution is -2.33. The number of hydrogen-bond donors (Lipinski definition) is 2. The van der Waals surface area contributed by atoms with Crippen molar-refractivity contribution in [3.8, 4) is 0 Å². The van der Waals surface area contributed by atoms with E-state index in [1.54, 1.807) is 6.20 Å². The van der Waals surface area contributed by atoms with Gasteiger partial charge in [-0.3, -0.25) is 9.78 Å². The minimum atomic E-state index is -0.436. The first-order chi connectivity index (χ1) is 9.63. The smallest absolute Gasteiger partial charge is 0.234 e. The third-order valence-electron chi connectivity index (χ3n) is 3.13. The van der Waals surface area contributed by atoms with Crippen LogP contribution < -0.4 is 11.1 Å². The van der Waals surface area contributed by atoms with Gasteiger partial charge in [0.25, 0.3) is 0 Å². The Kier molecular flexibility index (Phi) is 4.63. The van der Waals surface area contributed by atoms with Gasteiger partial charge < -0.3 is 11.1 Å².